The summed E-state index contributed by atoms with van der Waals surface area (Å²) in [4.78, 5) is 13.6. The van der Waals surface area contributed by atoms with Gasteiger partial charge in [-0.3, -0.25) is 0 Å². The first-order valence-electron chi connectivity index (χ1n) is 4.77. The van der Waals surface area contributed by atoms with Crippen molar-refractivity contribution < 1.29 is 9.23 Å². The van der Waals surface area contributed by atoms with Gasteiger partial charge in [-0.05, 0) is 55.5 Å². The van der Waals surface area contributed by atoms with Crippen molar-refractivity contribution in [2.45, 2.75) is 26.4 Å². The van der Waals surface area contributed by atoms with Gasteiger partial charge in [0.05, 0.1) is 14.2 Å². The third kappa shape index (κ3) is 6.12. The molecule has 0 aliphatic rings. The van der Waals surface area contributed by atoms with Crippen molar-refractivity contribution in [1.82, 2.24) is 0 Å². The molecule has 0 radical (unpaired) electrons. The van der Waals surface area contributed by atoms with Gasteiger partial charge in [-0.15, -0.1) is 4.91 Å². The Balaban J connectivity index is 0.000000360. The Bertz CT molecular complexity index is 469. The maximum atomic E-state index is 12.9. The highest BCUT2D eigenvalue weighted by Gasteiger charge is 2.09. The summed E-state index contributed by atoms with van der Waals surface area (Å²) in [6, 6.07) is 4.80. The molecule has 0 N–H and O–H groups in total. The van der Waals surface area contributed by atoms with E-state index in [1.54, 1.807) is 26.8 Å². The highest BCUT2D eigenvalue weighted by Crippen LogP contribution is 2.23. The van der Waals surface area contributed by atoms with Crippen LogP contribution in [0.2, 0.25) is 5.02 Å². The Hall–Kier alpha value is -0.940. The van der Waals surface area contributed by atoms with Gasteiger partial charge in [0.1, 0.15) is 11.7 Å². The van der Waals surface area contributed by atoms with Crippen LogP contribution >= 0.6 is 34.2 Å². The molecule has 0 aliphatic carbocycles. The lowest BCUT2D eigenvalue weighted by atomic mass is 10.2. The molecular weight excluding hydrogens is 373 g/mol. The fourth-order valence-corrected chi connectivity index (χ4v) is 1.54. The van der Waals surface area contributed by atoms with Gasteiger partial charge in [0.2, 0.25) is 0 Å². The topological polar surface area (TPSA) is 62.4 Å². The molecule has 0 atom stereocenters. The van der Waals surface area contributed by atoms with E-state index in [9.17, 15) is 9.30 Å². The summed E-state index contributed by atoms with van der Waals surface area (Å²) >= 11 is 7.31. The van der Waals surface area contributed by atoms with Crippen molar-refractivity contribution in [2.75, 3.05) is 0 Å². The van der Waals surface area contributed by atoms with E-state index in [1.807, 2.05) is 22.6 Å². The third-order valence-electron chi connectivity index (χ3n) is 1.47. The first-order valence-corrected chi connectivity index (χ1v) is 6.23. The molecule has 0 heterocycles. The summed E-state index contributed by atoms with van der Waals surface area (Å²) in [5.41, 5.74) is -0.258. The van der Waals surface area contributed by atoms with Gasteiger partial charge in [0.25, 0.3) is 0 Å². The number of hydrogen-bond acceptors (Lipinski definition) is 4. The summed E-state index contributed by atoms with van der Waals surface area (Å²) in [5.74, 6) is -0.522. The van der Waals surface area contributed by atoms with E-state index in [-0.39, 0.29) is 10.6 Å². The SMILES string of the molecule is CC(C)(C)ON=O.N#Cc1ccc(I)c(F)c1Cl. The van der Waals surface area contributed by atoms with Gasteiger partial charge in [-0.25, -0.2) is 4.39 Å². The van der Waals surface area contributed by atoms with Crippen LogP contribution in [-0.4, -0.2) is 5.60 Å². The second-order valence-corrected chi connectivity index (χ2v) is 5.65. The van der Waals surface area contributed by atoms with Crippen LogP contribution in [0.15, 0.2) is 17.5 Å². The van der Waals surface area contributed by atoms with Crippen molar-refractivity contribution in [3.05, 3.63) is 37.0 Å². The first-order chi connectivity index (χ1) is 8.22. The largest absolute Gasteiger partial charge is 0.358 e. The van der Waals surface area contributed by atoms with E-state index < -0.39 is 11.4 Å². The molecule has 0 saturated heterocycles. The number of benzene rings is 1. The summed E-state index contributed by atoms with van der Waals surface area (Å²) < 4.78 is 13.3. The van der Waals surface area contributed by atoms with Crippen LogP contribution in [0.25, 0.3) is 0 Å². The standard InChI is InChI=1S/C7H2ClFIN.C4H9NO2/c8-6-4(3-11)1-2-5(10)7(6)9;1-4(2,3)7-5-6/h1-2H;1-3H3. The second-order valence-electron chi connectivity index (χ2n) is 4.11. The third-order valence-corrected chi connectivity index (χ3v) is 2.67. The lowest BCUT2D eigenvalue weighted by Gasteiger charge is -2.11. The van der Waals surface area contributed by atoms with Crippen molar-refractivity contribution in [2.24, 2.45) is 5.34 Å². The normalized spacial score (nSPS) is 9.83. The first kappa shape index (κ1) is 17.1. The molecule has 0 aromatic heterocycles. The molecule has 98 valence electrons. The molecule has 18 heavy (non-hydrogen) atoms. The lowest BCUT2D eigenvalue weighted by molar-refractivity contribution is -0.00229. The average molecular weight is 385 g/mol. The summed E-state index contributed by atoms with van der Waals surface area (Å²) in [7, 11) is 0. The van der Waals surface area contributed by atoms with Gasteiger partial charge in [0.15, 0.2) is 11.2 Å². The Morgan fingerprint density at radius 1 is 1.50 bits per heavy atom. The van der Waals surface area contributed by atoms with Crippen LogP contribution in [0.1, 0.15) is 26.3 Å². The van der Waals surface area contributed by atoms with E-state index in [0.717, 1.165) is 0 Å². The summed E-state index contributed by atoms with van der Waals surface area (Å²) in [5, 5.41) is 10.6. The molecular formula is C11H11ClFIN2O2. The smallest absolute Gasteiger partial charge is 0.156 e. The predicted molar refractivity (Wildman–Crippen MR) is 75.5 cm³/mol. The zero-order valence-electron chi connectivity index (χ0n) is 10.00. The van der Waals surface area contributed by atoms with Crippen molar-refractivity contribution in [3.63, 3.8) is 0 Å². The minimum Gasteiger partial charge on any atom is -0.358 e. The fraction of sp³-hybridized carbons (Fsp3) is 0.364. The number of hydrogen-bond donors (Lipinski definition) is 0. The van der Waals surface area contributed by atoms with E-state index in [1.165, 1.54) is 12.1 Å². The second kappa shape index (κ2) is 7.48. The molecule has 0 unspecified atom stereocenters. The Morgan fingerprint density at radius 3 is 2.39 bits per heavy atom. The zero-order valence-corrected chi connectivity index (χ0v) is 12.9. The summed E-state index contributed by atoms with van der Waals surface area (Å²) in [6.45, 7) is 5.28. The Kier molecular flexibility index (Phi) is 7.09. The molecule has 1 rings (SSSR count). The fourth-order valence-electron chi connectivity index (χ4n) is 0.724. The number of halogens is 3. The van der Waals surface area contributed by atoms with E-state index in [4.69, 9.17) is 16.9 Å². The highest BCUT2D eigenvalue weighted by molar-refractivity contribution is 14.1. The molecule has 4 nitrogen and oxygen atoms in total. The van der Waals surface area contributed by atoms with Crippen LogP contribution in [0.3, 0.4) is 0 Å². The number of nitrogens with zero attached hydrogens (tertiary/aromatic N) is 2. The predicted octanol–water partition coefficient (Wildman–Crippen LogP) is 4.44. The quantitative estimate of drug-likeness (QED) is 0.311. The molecule has 1 aromatic rings. The van der Waals surface area contributed by atoms with Gasteiger partial charge >= 0.3 is 0 Å². The van der Waals surface area contributed by atoms with Crippen molar-refractivity contribution in [3.8, 4) is 6.07 Å². The molecule has 1 aromatic carbocycles. The number of rotatable bonds is 1. The van der Waals surface area contributed by atoms with Gasteiger partial charge in [0, 0.05) is 0 Å². The van der Waals surface area contributed by atoms with Crippen LogP contribution in [0.4, 0.5) is 4.39 Å². The monoisotopic (exact) mass is 384 g/mol. The van der Waals surface area contributed by atoms with Crippen molar-refractivity contribution in [1.29, 1.82) is 5.26 Å². The van der Waals surface area contributed by atoms with E-state index in [2.05, 4.69) is 10.2 Å². The highest BCUT2D eigenvalue weighted by atomic mass is 127. The van der Waals surface area contributed by atoms with E-state index >= 15 is 0 Å². The molecule has 0 saturated carbocycles. The molecule has 0 spiro atoms. The zero-order chi connectivity index (χ0) is 14.3. The molecule has 0 aliphatic heterocycles. The lowest BCUT2D eigenvalue weighted by Crippen LogP contribution is -2.14. The van der Waals surface area contributed by atoms with Crippen LogP contribution in [0.5, 0.6) is 0 Å². The van der Waals surface area contributed by atoms with Crippen LogP contribution < -0.4 is 0 Å². The maximum absolute atomic E-state index is 12.9. The van der Waals surface area contributed by atoms with Gasteiger partial charge < -0.3 is 4.84 Å². The maximum Gasteiger partial charge on any atom is 0.156 e. The minimum absolute atomic E-state index is 0.0978. The van der Waals surface area contributed by atoms with Crippen LogP contribution in [0, 0.1) is 25.6 Å². The van der Waals surface area contributed by atoms with Crippen molar-refractivity contribution >= 4 is 34.2 Å². The molecule has 0 bridgehead atoms. The van der Waals surface area contributed by atoms with Gasteiger partial charge in [-0.2, -0.15) is 5.26 Å². The van der Waals surface area contributed by atoms with Crippen LogP contribution in [-0.2, 0) is 4.84 Å². The minimum atomic E-state index is -0.522. The molecule has 0 fully saturated rings. The van der Waals surface area contributed by atoms with E-state index in [0.29, 0.717) is 3.57 Å². The molecule has 0 amide bonds. The van der Waals surface area contributed by atoms with Gasteiger partial charge in [-0.1, -0.05) is 11.6 Å². The average Bonchev–Trinajstić information content (AvgIpc) is 2.26. The Labute approximate surface area is 123 Å². The Morgan fingerprint density at radius 2 is 2.06 bits per heavy atom. The summed E-state index contributed by atoms with van der Waals surface area (Å²) in [6.07, 6.45) is 0. The number of nitriles is 1. The molecule has 7 heteroatoms.